The second-order valence-corrected chi connectivity index (χ2v) is 14.8. The first-order chi connectivity index (χ1) is 24.5. The van der Waals surface area contributed by atoms with E-state index >= 15 is 0 Å². The van der Waals surface area contributed by atoms with Gasteiger partial charge in [-0.15, -0.1) is 0 Å². The Morgan fingerprint density at radius 2 is 0.981 bits per heavy atom. The molecule has 0 saturated heterocycles. The molecule has 52 heavy (non-hydrogen) atoms. The zero-order valence-corrected chi connectivity index (χ0v) is 28.2. The van der Waals surface area contributed by atoms with Gasteiger partial charge in [-0.1, -0.05) is 24.3 Å². The zero-order valence-electron chi connectivity index (χ0n) is 26.6. The Morgan fingerprint density at radius 3 is 1.33 bits per heavy atom. The first kappa shape index (κ1) is 35.8. The number of hydrogen-bond acceptors (Lipinski definition) is 9. The summed E-state index contributed by atoms with van der Waals surface area (Å²) in [7, 11) is -9.00. The highest BCUT2D eigenvalue weighted by atomic mass is 32.2. The molecule has 6 rings (SSSR count). The van der Waals surface area contributed by atoms with Crippen molar-refractivity contribution in [2.75, 3.05) is 10.6 Å². The number of aliphatic imine (C=N–C) groups is 2. The van der Waals surface area contributed by atoms with Crippen molar-refractivity contribution in [2.45, 2.75) is 12.8 Å². The minimum Gasteiger partial charge on any atom is -0.308 e. The SMILES string of the molecule is O=C(Nc1ccc(C(=O)N=C2C=CC3C=C(S(=O)(=O)O)CC(=O)C3=C2)cc1)Nc1ccc(C(=O)N=C2C=CC3C=C(S(=O)(=O)O)CC(=O)C3=C2)cc1. The fraction of sp³-hybridized carbons (Fsp3) is 0.114. The highest BCUT2D eigenvalue weighted by molar-refractivity contribution is 7.90. The molecular weight excluding hydrogens is 717 g/mol. The van der Waals surface area contributed by atoms with Gasteiger partial charge in [-0.2, -0.15) is 16.8 Å². The van der Waals surface area contributed by atoms with E-state index in [0.717, 1.165) is 0 Å². The summed E-state index contributed by atoms with van der Waals surface area (Å²) in [6.07, 6.45) is 10.3. The molecule has 0 spiro atoms. The smallest absolute Gasteiger partial charge is 0.308 e. The van der Waals surface area contributed by atoms with E-state index in [1.807, 2.05) is 0 Å². The Hall–Kier alpha value is -6.01. The fourth-order valence-corrected chi connectivity index (χ4v) is 6.89. The van der Waals surface area contributed by atoms with Crippen LogP contribution in [0, 0.1) is 11.8 Å². The van der Waals surface area contributed by atoms with Gasteiger partial charge in [-0.05, 0) is 72.8 Å². The van der Waals surface area contributed by atoms with Gasteiger partial charge >= 0.3 is 6.03 Å². The molecule has 4 aliphatic rings. The van der Waals surface area contributed by atoms with Crippen molar-refractivity contribution in [3.05, 3.63) is 129 Å². The van der Waals surface area contributed by atoms with Gasteiger partial charge in [0, 0.05) is 58.3 Å². The van der Waals surface area contributed by atoms with E-state index < -0.39 is 74.3 Å². The molecule has 2 unspecified atom stereocenters. The Morgan fingerprint density at radius 1 is 0.615 bits per heavy atom. The zero-order chi connectivity index (χ0) is 37.4. The first-order valence-corrected chi connectivity index (χ1v) is 18.2. The van der Waals surface area contributed by atoms with Crippen molar-refractivity contribution in [1.82, 2.24) is 0 Å². The number of carbonyl (C=O) groups is 5. The van der Waals surface area contributed by atoms with Crippen molar-refractivity contribution < 1.29 is 49.9 Å². The van der Waals surface area contributed by atoms with Crippen LogP contribution in [0.4, 0.5) is 16.2 Å². The van der Waals surface area contributed by atoms with E-state index in [1.165, 1.54) is 97.1 Å². The van der Waals surface area contributed by atoms with Crippen LogP contribution in [0.2, 0.25) is 0 Å². The molecular formula is C35H26N4O11S2. The molecule has 15 nitrogen and oxygen atoms in total. The lowest BCUT2D eigenvalue weighted by Gasteiger charge is -2.22. The molecule has 17 heteroatoms. The van der Waals surface area contributed by atoms with Crippen LogP contribution in [0.3, 0.4) is 0 Å². The van der Waals surface area contributed by atoms with E-state index in [-0.39, 0.29) is 43.5 Å². The van der Waals surface area contributed by atoms with Crippen molar-refractivity contribution in [2.24, 2.45) is 21.8 Å². The molecule has 2 aromatic carbocycles. The van der Waals surface area contributed by atoms with Crippen LogP contribution < -0.4 is 10.6 Å². The minimum atomic E-state index is -4.50. The van der Waals surface area contributed by atoms with Gasteiger partial charge in [0.25, 0.3) is 32.1 Å². The summed E-state index contributed by atoms with van der Waals surface area (Å²) in [5.74, 6) is -3.62. The lowest BCUT2D eigenvalue weighted by molar-refractivity contribution is -0.116. The average molecular weight is 743 g/mol. The number of fused-ring (bicyclic) bond motifs is 2. The Kier molecular flexibility index (Phi) is 9.61. The van der Waals surface area contributed by atoms with E-state index in [1.54, 1.807) is 0 Å². The van der Waals surface area contributed by atoms with E-state index in [4.69, 9.17) is 0 Å². The number of anilines is 2. The number of carbonyl (C=O) groups excluding carboxylic acids is 5. The summed E-state index contributed by atoms with van der Waals surface area (Å²) in [5.41, 5.74) is 1.93. The van der Waals surface area contributed by atoms with Gasteiger partial charge in [0.2, 0.25) is 0 Å². The van der Waals surface area contributed by atoms with Crippen LogP contribution in [0.25, 0.3) is 0 Å². The lowest BCUT2D eigenvalue weighted by atomic mass is 9.84. The van der Waals surface area contributed by atoms with E-state index in [9.17, 15) is 49.9 Å². The van der Waals surface area contributed by atoms with Gasteiger partial charge in [-0.25, -0.2) is 14.8 Å². The summed E-state index contributed by atoms with van der Waals surface area (Å²) < 4.78 is 64.3. The maximum atomic E-state index is 12.8. The molecule has 2 atom stereocenters. The van der Waals surface area contributed by atoms with Crippen LogP contribution in [0.15, 0.2) is 128 Å². The van der Waals surface area contributed by atoms with Gasteiger partial charge < -0.3 is 10.6 Å². The van der Waals surface area contributed by atoms with Gasteiger partial charge in [0.1, 0.15) is 0 Å². The number of amides is 4. The number of rotatable bonds is 6. The quantitative estimate of drug-likeness (QED) is 0.306. The summed E-state index contributed by atoms with van der Waals surface area (Å²) >= 11 is 0. The standard InChI is InChI=1S/C35H26N4O11S2/c40-31-17-27(51(45,46)47)13-21-5-11-25(15-29(21)31)36-33(42)19-1-7-23(8-2-19)38-35(44)39-24-9-3-20(4-10-24)34(43)37-26-12-6-22-14-28(52(48,49)50)18-32(41)30(22)16-26/h1-16,21-22H,17-18H2,(H2,38,39,44)(H,45,46,47)(H,48,49,50). The molecule has 2 aromatic rings. The largest absolute Gasteiger partial charge is 0.323 e. The molecule has 0 heterocycles. The van der Waals surface area contributed by atoms with Gasteiger partial charge in [0.15, 0.2) is 11.6 Å². The molecule has 0 radical (unpaired) electrons. The molecule has 264 valence electrons. The second-order valence-electron chi connectivity index (χ2n) is 11.8. The molecule has 0 saturated carbocycles. The maximum Gasteiger partial charge on any atom is 0.323 e. The molecule has 4 amide bonds. The summed E-state index contributed by atoms with van der Waals surface area (Å²) in [5, 5.41) is 5.23. The summed E-state index contributed by atoms with van der Waals surface area (Å²) in [4.78, 5) is 70.3. The number of hydrogen-bond donors (Lipinski definition) is 4. The number of allylic oxidation sites excluding steroid dienone is 12. The molecule has 0 fully saturated rings. The molecule has 0 aliphatic heterocycles. The van der Waals surface area contributed by atoms with Crippen molar-refractivity contribution >= 4 is 72.4 Å². The highest BCUT2D eigenvalue weighted by Crippen LogP contribution is 2.32. The third kappa shape index (κ3) is 8.13. The number of benzene rings is 2. The average Bonchev–Trinajstić information content (AvgIpc) is 3.08. The Balaban J connectivity index is 1.03. The van der Waals surface area contributed by atoms with Crippen LogP contribution >= 0.6 is 0 Å². The van der Waals surface area contributed by atoms with Crippen molar-refractivity contribution in [3.8, 4) is 0 Å². The van der Waals surface area contributed by atoms with Crippen LogP contribution in [0.5, 0.6) is 0 Å². The van der Waals surface area contributed by atoms with Gasteiger partial charge in [0.05, 0.1) is 21.2 Å². The highest BCUT2D eigenvalue weighted by Gasteiger charge is 2.32. The number of urea groups is 1. The first-order valence-electron chi connectivity index (χ1n) is 15.3. The van der Waals surface area contributed by atoms with Crippen LogP contribution in [0.1, 0.15) is 33.6 Å². The van der Waals surface area contributed by atoms with E-state index in [0.29, 0.717) is 11.4 Å². The molecule has 4 aliphatic carbocycles. The maximum absolute atomic E-state index is 12.8. The number of nitrogens with one attached hydrogen (secondary N) is 2. The van der Waals surface area contributed by atoms with Crippen LogP contribution in [-0.4, -0.2) is 66.8 Å². The molecule has 0 bridgehead atoms. The predicted molar refractivity (Wildman–Crippen MR) is 189 cm³/mol. The summed E-state index contributed by atoms with van der Waals surface area (Å²) in [6.45, 7) is 0. The monoisotopic (exact) mass is 742 g/mol. The minimum absolute atomic E-state index is 0.184. The number of ketones is 2. The van der Waals surface area contributed by atoms with Crippen molar-refractivity contribution in [1.29, 1.82) is 0 Å². The van der Waals surface area contributed by atoms with E-state index in [2.05, 4.69) is 20.6 Å². The predicted octanol–water partition coefficient (Wildman–Crippen LogP) is 4.21. The van der Waals surface area contributed by atoms with Gasteiger partial charge in [-0.3, -0.25) is 28.3 Å². The van der Waals surface area contributed by atoms with Crippen LogP contribution in [-0.2, 0) is 29.8 Å². The normalized spacial score (nSPS) is 21.3. The van der Waals surface area contributed by atoms with Crippen molar-refractivity contribution in [3.63, 3.8) is 0 Å². The number of nitrogens with zero attached hydrogens (tertiary/aromatic N) is 2. The lowest BCUT2D eigenvalue weighted by Crippen LogP contribution is -2.23. The Labute approximate surface area is 296 Å². The fourth-order valence-electron chi connectivity index (χ4n) is 5.62. The summed E-state index contributed by atoms with van der Waals surface area (Å²) in [6, 6.07) is 11.1. The number of Topliss-reactive ketones (excluding diaryl/α,β-unsaturated/α-hetero) is 2. The second kappa shape index (κ2) is 14.0. The topological polar surface area (TPSA) is 243 Å². The molecule has 4 N–H and O–H groups in total. The Bertz CT molecular complexity index is 2260. The third-order valence-corrected chi connectivity index (χ3v) is 10.1. The molecule has 0 aromatic heterocycles. The third-order valence-electron chi connectivity index (χ3n) is 8.22.